The molecule has 0 aromatic heterocycles. The molecule has 0 N–H and O–H groups in total. The molecule has 0 radical (unpaired) electrons. The number of hydrogen-bond acceptors (Lipinski definition) is 4. The van der Waals surface area contributed by atoms with Gasteiger partial charge in [-0.2, -0.15) is 0 Å². The van der Waals surface area contributed by atoms with Crippen molar-refractivity contribution in [2.24, 2.45) is 0 Å². The standard InChI is InChI=1S/C14H30N2O2Si/c1-11-14(5,19)16(13(2,3)4)10-9-15(11)8-7-12(17)18-6/h11H,7-10H2,1-6,19H3. The van der Waals surface area contributed by atoms with Gasteiger partial charge in [-0.3, -0.25) is 14.6 Å². The molecular weight excluding hydrogens is 256 g/mol. The molecule has 0 bridgehead atoms. The van der Waals surface area contributed by atoms with E-state index in [0.29, 0.717) is 12.5 Å². The van der Waals surface area contributed by atoms with Crippen molar-refractivity contribution in [2.45, 2.75) is 57.8 Å². The van der Waals surface area contributed by atoms with Crippen LogP contribution in [0.25, 0.3) is 0 Å². The summed E-state index contributed by atoms with van der Waals surface area (Å²) in [5, 5.41) is 0.243. The SMILES string of the molecule is COC(=O)CCN1CCN(C(C)(C)C)C(C)([SiH3])C1C. The highest BCUT2D eigenvalue weighted by Gasteiger charge is 2.44. The van der Waals surface area contributed by atoms with Crippen molar-refractivity contribution < 1.29 is 9.53 Å². The van der Waals surface area contributed by atoms with E-state index in [1.165, 1.54) is 7.11 Å². The summed E-state index contributed by atoms with van der Waals surface area (Å²) in [6.45, 7) is 14.5. The van der Waals surface area contributed by atoms with Crippen molar-refractivity contribution in [1.82, 2.24) is 9.80 Å². The average Bonchev–Trinajstić information content (AvgIpc) is 2.28. The molecule has 0 aromatic carbocycles. The fourth-order valence-corrected chi connectivity index (χ4v) is 4.48. The van der Waals surface area contributed by atoms with Crippen LogP contribution in [-0.4, -0.2) is 69.5 Å². The lowest BCUT2D eigenvalue weighted by Gasteiger charge is -2.57. The van der Waals surface area contributed by atoms with Gasteiger partial charge in [0.15, 0.2) is 0 Å². The number of hydrogen-bond donors (Lipinski definition) is 0. The summed E-state index contributed by atoms with van der Waals surface area (Å²) in [5.74, 6) is -0.111. The lowest BCUT2D eigenvalue weighted by molar-refractivity contribution is -0.141. The molecule has 19 heavy (non-hydrogen) atoms. The van der Waals surface area contributed by atoms with Crippen LogP contribution in [0.2, 0.25) is 0 Å². The molecule has 2 unspecified atom stereocenters. The second kappa shape index (κ2) is 5.93. The van der Waals surface area contributed by atoms with Crippen molar-refractivity contribution in [3.05, 3.63) is 0 Å². The van der Waals surface area contributed by atoms with Crippen LogP contribution in [0.3, 0.4) is 0 Å². The highest BCUT2D eigenvalue weighted by molar-refractivity contribution is 6.15. The molecule has 1 heterocycles. The molecule has 4 nitrogen and oxygen atoms in total. The predicted molar refractivity (Wildman–Crippen MR) is 82.5 cm³/mol. The largest absolute Gasteiger partial charge is 0.469 e. The summed E-state index contributed by atoms with van der Waals surface area (Å²) in [6.07, 6.45) is 0.494. The Morgan fingerprint density at radius 2 is 2.00 bits per heavy atom. The van der Waals surface area contributed by atoms with Crippen LogP contribution in [0, 0.1) is 0 Å². The van der Waals surface area contributed by atoms with E-state index in [9.17, 15) is 4.79 Å². The first-order valence-electron chi connectivity index (χ1n) is 7.19. The van der Waals surface area contributed by atoms with Crippen molar-refractivity contribution in [3.8, 4) is 0 Å². The molecule has 112 valence electrons. The van der Waals surface area contributed by atoms with E-state index in [4.69, 9.17) is 4.74 Å². The zero-order valence-corrected chi connectivity index (χ0v) is 15.6. The zero-order chi connectivity index (χ0) is 14.8. The minimum absolute atomic E-state index is 0.111. The number of nitrogens with zero attached hydrogens (tertiary/aromatic N) is 2. The lowest BCUT2D eigenvalue weighted by Crippen LogP contribution is -2.70. The van der Waals surface area contributed by atoms with E-state index in [1.54, 1.807) is 0 Å². The zero-order valence-electron chi connectivity index (χ0n) is 13.6. The maximum absolute atomic E-state index is 11.3. The van der Waals surface area contributed by atoms with Crippen LogP contribution >= 0.6 is 0 Å². The minimum atomic E-state index is -0.111. The molecule has 5 heteroatoms. The summed E-state index contributed by atoms with van der Waals surface area (Å²) in [5.41, 5.74) is 0.208. The molecule has 0 spiro atoms. The molecule has 1 aliphatic rings. The van der Waals surface area contributed by atoms with Gasteiger partial charge in [0.1, 0.15) is 0 Å². The van der Waals surface area contributed by atoms with E-state index in [-0.39, 0.29) is 16.7 Å². The first-order valence-corrected chi connectivity index (χ1v) is 8.19. The predicted octanol–water partition coefficient (Wildman–Crippen LogP) is 0.436. The summed E-state index contributed by atoms with van der Waals surface area (Å²) >= 11 is 0. The normalized spacial score (nSPS) is 30.5. The number of rotatable bonds is 3. The van der Waals surface area contributed by atoms with Gasteiger partial charge in [0.2, 0.25) is 0 Å². The van der Waals surface area contributed by atoms with Crippen LogP contribution in [0.1, 0.15) is 41.0 Å². The van der Waals surface area contributed by atoms with Gasteiger partial charge in [0, 0.05) is 46.6 Å². The Balaban J connectivity index is 2.71. The van der Waals surface area contributed by atoms with Crippen LogP contribution in [-0.2, 0) is 9.53 Å². The number of esters is 1. The number of carbonyl (C=O) groups excluding carboxylic acids is 1. The molecule has 0 saturated carbocycles. The quantitative estimate of drug-likeness (QED) is 0.557. The molecule has 1 rings (SSSR count). The van der Waals surface area contributed by atoms with E-state index in [2.05, 4.69) is 44.4 Å². The van der Waals surface area contributed by atoms with Crippen molar-refractivity contribution >= 4 is 16.2 Å². The van der Waals surface area contributed by atoms with Crippen molar-refractivity contribution in [2.75, 3.05) is 26.7 Å². The first-order chi connectivity index (χ1) is 8.60. The van der Waals surface area contributed by atoms with Crippen LogP contribution in [0.15, 0.2) is 0 Å². The molecule has 0 aliphatic carbocycles. The number of carbonyl (C=O) groups is 1. The molecule has 1 aliphatic heterocycles. The third-order valence-electron chi connectivity index (χ3n) is 4.52. The monoisotopic (exact) mass is 286 g/mol. The summed E-state index contributed by atoms with van der Waals surface area (Å²) in [6, 6.07) is 0.483. The lowest BCUT2D eigenvalue weighted by atomic mass is 9.95. The smallest absolute Gasteiger partial charge is 0.306 e. The molecule has 2 atom stereocenters. The van der Waals surface area contributed by atoms with Crippen molar-refractivity contribution in [1.29, 1.82) is 0 Å². The summed E-state index contributed by atoms with van der Waals surface area (Å²) in [4.78, 5) is 16.4. The topological polar surface area (TPSA) is 32.8 Å². The van der Waals surface area contributed by atoms with Gasteiger partial charge in [0.25, 0.3) is 0 Å². The fourth-order valence-electron chi connectivity index (χ4n) is 3.22. The summed E-state index contributed by atoms with van der Waals surface area (Å²) < 4.78 is 4.74. The highest BCUT2D eigenvalue weighted by Crippen LogP contribution is 2.31. The second-order valence-corrected chi connectivity index (χ2v) is 9.04. The Morgan fingerprint density at radius 3 is 2.47 bits per heavy atom. The molecular formula is C14H30N2O2Si. The second-order valence-electron chi connectivity index (χ2n) is 7.01. The third-order valence-corrected chi connectivity index (χ3v) is 5.89. The Bertz CT molecular complexity index is 326. The van der Waals surface area contributed by atoms with E-state index in [1.807, 2.05) is 0 Å². The van der Waals surface area contributed by atoms with Crippen LogP contribution in [0.4, 0.5) is 0 Å². The van der Waals surface area contributed by atoms with E-state index < -0.39 is 0 Å². The van der Waals surface area contributed by atoms with E-state index in [0.717, 1.165) is 29.9 Å². The van der Waals surface area contributed by atoms with Gasteiger partial charge in [0.05, 0.1) is 13.5 Å². The van der Waals surface area contributed by atoms with E-state index >= 15 is 0 Å². The third kappa shape index (κ3) is 3.80. The maximum Gasteiger partial charge on any atom is 0.306 e. The van der Waals surface area contributed by atoms with Crippen LogP contribution < -0.4 is 0 Å². The van der Waals surface area contributed by atoms with Gasteiger partial charge in [-0.05, 0) is 34.6 Å². The number of piperazine rings is 1. The van der Waals surface area contributed by atoms with Gasteiger partial charge in [-0.25, -0.2) is 0 Å². The molecule has 1 saturated heterocycles. The molecule has 0 aromatic rings. The first kappa shape index (κ1) is 16.7. The number of ether oxygens (including phenoxy) is 1. The molecule has 1 fully saturated rings. The Hall–Kier alpha value is -0.393. The molecule has 0 amide bonds. The Kier molecular flexibility index (Phi) is 5.20. The Morgan fingerprint density at radius 1 is 1.42 bits per heavy atom. The maximum atomic E-state index is 11.3. The van der Waals surface area contributed by atoms with Gasteiger partial charge < -0.3 is 4.74 Å². The highest BCUT2D eigenvalue weighted by atomic mass is 28.1. The number of methoxy groups -OCH3 is 1. The minimum Gasteiger partial charge on any atom is -0.469 e. The van der Waals surface area contributed by atoms with Gasteiger partial charge >= 0.3 is 5.97 Å². The van der Waals surface area contributed by atoms with Gasteiger partial charge in [-0.1, -0.05) is 0 Å². The van der Waals surface area contributed by atoms with Crippen molar-refractivity contribution in [3.63, 3.8) is 0 Å². The van der Waals surface area contributed by atoms with Gasteiger partial charge in [-0.15, -0.1) is 0 Å². The fraction of sp³-hybridized carbons (Fsp3) is 0.929. The average molecular weight is 286 g/mol. The summed E-state index contributed by atoms with van der Waals surface area (Å²) in [7, 11) is 2.58. The Labute approximate surface area is 120 Å². The van der Waals surface area contributed by atoms with Crippen LogP contribution in [0.5, 0.6) is 0 Å².